The molecule has 1 aromatic carbocycles. The highest BCUT2D eigenvalue weighted by Gasteiger charge is 2.27. The Morgan fingerprint density at radius 1 is 1.47 bits per heavy atom. The number of Topliss-reactive ketones (excluding diaryl/α,β-unsaturated/α-hetero) is 1. The number of hydrogen-bond donors (Lipinski definition) is 1. The molecule has 0 amide bonds. The smallest absolute Gasteiger partial charge is 0.158 e. The normalized spacial score (nSPS) is 26.1. The molecule has 0 spiro atoms. The Labute approximate surface area is 88.3 Å². The molecule has 1 aliphatic heterocycles. The van der Waals surface area contributed by atoms with Crippen LogP contribution in [0.25, 0.3) is 0 Å². The second-order valence-corrected chi connectivity index (χ2v) is 3.85. The fourth-order valence-corrected chi connectivity index (χ4v) is 1.92. The van der Waals surface area contributed by atoms with Crippen LogP contribution in [0.15, 0.2) is 24.3 Å². The van der Waals surface area contributed by atoms with E-state index in [2.05, 4.69) is 0 Å². The lowest BCUT2D eigenvalue weighted by atomic mass is 9.93. The molecule has 1 aliphatic rings. The van der Waals surface area contributed by atoms with Gasteiger partial charge in [0.2, 0.25) is 0 Å². The van der Waals surface area contributed by atoms with Gasteiger partial charge in [-0.1, -0.05) is 25.1 Å². The molecule has 0 radical (unpaired) electrons. The molecular formula is C11H13N2O2-. The molecule has 0 fully saturated rings. The number of rotatable bonds is 0. The Balaban J connectivity index is 2.52. The first-order chi connectivity index (χ1) is 7.11. The standard InChI is InChI=1S/C11H13N2O2/c1-7-8-4-2-3-5-10(8)13(15)6-9(12)11(7)14/h2-5,7,9H,6,12H2,1H3/q-1. The molecule has 0 bridgehead atoms. The third-order valence-electron chi connectivity index (χ3n) is 2.83. The quantitative estimate of drug-likeness (QED) is 0.686. The van der Waals surface area contributed by atoms with Crippen LogP contribution in [0.3, 0.4) is 0 Å². The Bertz CT molecular complexity index is 392. The molecule has 4 heteroatoms. The Morgan fingerprint density at radius 2 is 2.13 bits per heavy atom. The summed E-state index contributed by atoms with van der Waals surface area (Å²) >= 11 is 0. The number of hydrogen-bond acceptors (Lipinski definition) is 4. The van der Waals surface area contributed by atoms with Crippen molar-refractivity contribution < 1.29 is 4.79 Å². The van der Waals surface area contributed by atoms with Gasteiger partial charge >= 0.3 is 0 Å². The van der Waals surface area contributed by atoms with E-state index in [1.54, 1.807) is 25.1 Å². The van der Waals surface area contributed by atoms with Crippen molar-refractivity contribution in [3.05, 3.63) is 35.0 Å². The van der Waals surface area contributed by atoms with Crippen LogP contribution in [0.5, 0.6) is 0 Å². The minimum Gasteiger partial charge on any atom is -0.758 e. The summed E-state index contributed by atoms with van der Waals surface area (Å²) in [5, 5.41) is 12.5. The molecule has 1 aromatic rings. The van der Waals surface area contributed by atoms with Crippen molar-refractivity contribution >= 4 is 11.5 Å². The summed E-state index contributed by atoms with van der Waals surface area (Å²) in [7, 11) is 0. The van der Waals surface area contributed by atoms with Gasteiger partial charge in [0.05, 0.1) is 6.04 Å². The maximum Gasteiger partial charge on any atom is 0.158 e. The lowest BCUT2D eigenvalue weighted by Crippen LogP contribution is -2.40. The zero-order valence-electron chi connectivity index (χ0n) is 8.51. The molecule has 80 valence electrons. The molecular weight excluding hydrogens is 192 g/mol. The van der Waals surface area contributed by atoms with Gasteiger partial charge in [-0.05, 0) is 11.6 Å². The number of carbonyl (C=O) groups excluding carboxylic acids is 1. The largest absolute Gasteiger partial charge is 0.758 e. The lowest BCUT2D eigenvalue weighted by Gasteiger charge is -2.31. The molecule has 0 saturated heterocycles. The molecule has 2 atom stereocenters. The first-order valence-corrected chi connectivity index (χ1v) is 4.94. The molecule has 4 nitrogen and oxygen atoms in total. The number of para-hydroxylation sites is 1. The van der Waals surface area contributed by atoms with Crippen LogP contribution in [-0.2, 0) is 4.79 Å². The van der Waals surface area contributed by atoms with Gasteiger partial charge in [-0.15, -0.1) is 0 Å². The molecule has 0 saturated carbocycles. The monoisotopic (exact) mass is 205 g/mol. The van der Waals surface area contributed by atoms with Gasteiger partial charge in [-0.2, -0.15) is 0 Å². The van der Waals surface area contributed by atoms with Gasteiger partial charge in [0.25, 0.3) is 0 Å². The third-order valence-corrected chi connectivity index (χ3v) is 2.83. The van der Waals surface area contributed by atoms with Crippen molar-refractivity contribution in [2.24, 2.45) is 5.73 Å². The van der Waals surface area contributed by atoms with Crippen LogP contribution < -0.4 is 10.8 Å². The second kappa shape index (κ2) is 3.64. The average Bonchev–Trinajstić information content (AvgIpc) is 2.33. The second-order valence-electron chi connectivity index (χ2n) is 3.85. The minimum atomic E-state index is -0.690. The maximum atomic E-state index is 11.8. The van der Waals surface area contributed by atoms with Crippen molar-refractivity contribution in [1.29, 1.82) is 0 Å². The van der Waals surface area contributed by atoms with Gasteiger partial charge in [0, 0.05) is 18.2 Å². The molecule has 2 unspecified atom stereocenters. The number of carbonyl (C=O) groups is 1. The van der Waals surface area contributed by atoms with Crippen LogP contribution in [0.4, 0.5) is 5.69 Å². The highest BCUT2D eigenvalue weighted by atomic mass is 16.5. The number of benzene rings is 1. The minimum absolute atomic E-state index is 0.0419. The van der Waals surface area contributed by atoms with Crippen molar-refractivity contribution in [2.45, 2.75) is 18.9 Å². The summed E-state index contributed by atoms with van der Waals surface area (Å²) < 4.78 is 0. The van der Waals surface area contributed by atoms with E-state index in [9.17, 15) is 10.0 Å². The van der Waals surface area contributed by atoms with Gasteiger partial charge in [-0.25, -0.2) is 0 Å². The van der Waals surface area contributed by atoms with Crippen molar-refractivity contribution in [2.75, 3.05) is 11.6 Å². The fourth-order valence-electron chi connectivity index (χ4n) is 1.92. The van der Waals surface area contributed by atoms with Gasteiger partial charge in [0.15, 0.2) is 5.78 Å². The number of ketones is 1. The first kappa shape index (κ1) is 10.1. The summed E-state index contributed by atoms with van der Waals surface area (Å²) in [5.74, 6) is -0.365. The van der Waals surface area contributed by atoms with Crippen LogP contribution >= 0.6 is 0 Å². The summed E-state index contributed by atoms with van der Waals surface area (Å²) in [6.45, 7) is 1.83. The van der Waals surface area contributed by atoms with Crippen LogP contribution in [0.2, 0.25) is 0 Å². The van der Waals surface area contributed by atoms with Gasteiger partial charge < -0.3 is 16.0 Å². The average molecular weight is 205 g/mol. The van der Waals surface area contributed by atoms with Crippen LogP contribution in [0, 0.1) is 5.21 Å². The van der Waals surface area contributed by atoms with E-state index in [1.165, 1.54) is 0 Å². The summed E-state index contributed by atoms with van der Waals surface area (Å²) in [6.07, 6.45) is 0. The number of nitrogens with zero attached hydrogens (tertiary/aromatic N) is 1. The fraction of sp³-hybridized carbons (Fsp3) is 0.364. The number of hydroxylamine groups is 1. The summed E-state index contributed by atoms with van der Waals surface area (Å²) in [4.78, 5) is 11.8. The molecule has 2 N–H and O–H groups in total. The topological polar surface area (TPSA) is 69.4 Å². The van der Waals surface area contributed by atoms with E-state index in [0.29, 0.717) is 5.69 Å². The highest BCUT2D eigenvalue weighted by Crippen LogP contribution is 2.31. The first-order valence-electron chi connectivity index (χ1n) is 4.94. The number of anilines is 1. The van der Waals surface area contributed by atoms with E-state index < -0.39 is 6.04 Å². The summed E-state index contributed by atoms with van der Waals surface area (Å²) in [6, 6.07) is 6.46. The molecule has 2 rings (SSSR count). The van der Waals surface area contributed by atoms with Crippen LogP contribution in [0.1, 0.15) is 18.4 Å². The van der Waals surface area contributed by atoms with E-state index in [4.69, 9.17) is 5.73 Å². The summed E-state index contributed by atoms with van der Waals surface area (Å²) in [5.41, 5.74) is 6.98. The number of fused-ring (bicyclic) bond motifs is 1. The zero-order valence-corrected chi connectivity index (χ0v) is 8.51. The zero-order chi connectivity index (χ0) is 11.0. The molecule has 15 heavy (non-hydrogen) atoms. The predicted octanol–water partition coefficient (Wildman–Crippen LogP) is 1.00. The van der Waals surface area contributed by atoms with Crippen LogP contribution in [-0.4, -0.2) is 18.4 Å². The molecule has 0 aromatic heterocycles. The SMILES string of the molecule is CC1C(=O)C(N)CN([O-])c2ccccc21. The van der Waals surface area contributed by atoms with E-state index in [-0.39, 0.29) is 18.2 Å². The lowest BCUT2D eigenvalue weighted by molar-refractivity contribution is -0.121. The van der Waals surface area contributed by atoms with Gasteiger partial charge in [0.1, 0.15) is 0 Å². The van der Waals surface area contributed by atoms with Crippen molar-refractivity contribution in [1.82, 2.24) is 0 Å². The van der Waals surface area contributed by atoms with Gasteiger partial charge in [-0.3, -0.25) is 4.79 Å². The predicted molar refractivity (Wildman–Crippen MR) is 58.6 cm³/mol. The van der Waals surface area contributed by atoms with E-state index in [0.717, 1.165) is 10.6 Å². The van der Waals surface area contributed by atoms with E-state index >= 15 is 0 Å². The van der Waals surface area contributed by atoms with Crippen molar-refractivity contribution in [3.63, 3.8) is 0 Å². The van der Waals surface area contributed by atoms with E-state index in [1.807, 2.05) is 6.07 Å². The Kier molecular flexibility index (Phi) is 2.46. The Hall–Kier alpha value is -1.39. The maximum absolute atomic E-state index is 11.8. The number of nitrogens with two attached hydrogens (primary N) is 1. The highest BCUT2D eigenvalue weighted by molar-refractivity contribution is 5.93. The van der Waals surface area contributed by atoms with Crippen molar-refractivity contribution in [3.8, 4) is 0 Å². The molecule has 1 heterocycles. The third kappa shape index (κ3) is 1.62. The Morgan fingerprint density at radius 3 is 2.87 bits per heavy atom. The molecule has 0 aliphatic carbocycles.